The van der Waals surface area contributed by atoms with Gasteiger partial charge in [0.2, 0.25) is 6.79 Å². The molecule has 108 valence electrons. The first-order chi connectivity index (χ1) is 10.2. The molecule has 2 heterocycles. The molecular weight excluding hydrogens is 278 g/mol. The maximum atomic E-state index is 11.7. The van der Waals surface area contributed by atoms with E-state index in [1.54, 1.807) is 18.2 Å². The fraction of sp³-hybridized carbons (Fsp3) is 0.143. The van der Waals surface area contributed by atoms with Gasteiger partial charge in [0.1, 0.15) is 6.26 Å². The van der Waals surface area contributed by atoms with E-state index in [9.17, 15) is 9.59 Å². The second-order valence-electron chi connectivity index (χ2n) is 4.20. The summed E-state index contributed by atoms with van der Waals surface area (Å²) in [5, 5.41) is 2.60. The van der Waals surface area contributed by atoms with Crippen LogP contribution in [0, 0.1) is 0 Å². The van der Waals surface area contributed by atoms with Gasteiger partial charge < -0.3 is 23.9 Å². The van der Waals surface area contributed by atoms with Crippen LogP contribution in [0.3, 0.4) is 0 Å². The van der Waals surface area contributed by atoms with E-state index in [4.69, 9.17) is 18.6 Å². The van der Waals surface area contributed by atoms with Crippen LogP contribution in [0.1, 0.15) is 10.4 Å². The molecule has 1 aliphatic heterocycles. The van der Waals surface area contributed by atoms with Crippen molar-refractivity contribution in [2.75, 3.05) is 18.7 Å². The molecule has 0 aliphatic carbocycles. The number of hydrogen-bond acceptors (Lipinski definition) is 6. The Morgan fingerprint density at radius 1 is 1.19 bits per heavy atom. The Kier molecular flexibility index (Phi) is 3.46. The zero-order valence-corrected chi connectivity index (χ0v) is 10.8. The molecule has 0 saturated heterocycles. The summed E-state index contributed by atoms with van der Waals surface area (Å²) in [7, 11) is 0. The zero-order chi connectivity index (χ0) is 14.7. The minimum atomic E-state index is -0.621. The Morgan fingerprint density at radius 3 is 2.86 bits per heavy atom. The molecule has 1 amide bonds. The monoisotopic (exact) mass is 289 g/mol. The Morgan fingerprint density at radius 2 is 2.05 bits per heavy atom. The number of ether oxygens (including phenoxy) is 3. The maximum Gasteiger partial charge on any atom is 0.341 e. The summed E-state index contributed by atoms with van der Waals surface area (Å²) < 4.78 is 20.0. The molecule has 0 radical (unpaired) electrons. The first kappa shape index (κ1) is 13.0. The summed E-state index contributed by atoms with van der Waals surface area (Å²) in [6, 6.07) is 6.45. The van der Waals surface area contributed by atoms with Gasteiger partial charge in [-0.25, -0.2) is 4.79 Å². The minimum absolute atomic E-state index is 0.162. The van der Waals surface area contributed by atoms with Gasteiger partial charge in [-0.2, -0.15) is 0 Å². The van der Waals surface area contributed by atoms with Crippen molar-refractivity contribution in [3.05, 3.63) is 42.4 Å². The summed E-state index contributed by atoms with van der Waals surface area (Å²) in [6.45, 7) is -0.229. The van der Waals surface area contributed by atoms with Gasteiger partial charge in [0.25, 0.3) is 5.91 Å². The van der Waals surface area contributed by atoms with Gasteiger partial charge in [0.05, 0.1) is 11.8 Å². The third-order valence-corrected chi connectivity index (χ3v) is 2.75. The van der Waals surface area contributed by atoms with E-state index < -0.39 is 18.5 Å². The molecule has 0 spiro atoms. The number of esters is 1. The summed E-state index contributed by atoms with van der Waals surface area (Å²) in [5.41, 5.74) is 0.787. The maximum absolute atomic E-state index is 11.7. The van der Waals surface area contributed by atoms with Crippen LogP contribution < -0.4 is 14.8 Å². The van der Waals surface area contributed by atoms with E-state index in [1.807, 2.05) is 0 Å². The Labute approximate surface area is 119 Å². The molecule has 0 atom stereocenters. The van der Waals surface area contributed by atoms with Gasteiger partial charge in [0, 0.05) is 11.8 Å². The second kappa shape index (κ2) is 5.58. The molecule has 1 aromatic carbocycles. The predicted octanol–water partition coefficient (Wildman–Crippen LogP) is 1.80. The fourth-order valence-corrected chi connectivity index (χ4v) is 1.77. The topological polar surface area (TPSA) is 87.0 Å². The molecule has 0 fully saturated rings. The van der Waals surface area contributed by atoms with Crippen LogP contribution >= 0.6 is 0 Å². The van der Waals surface area contributed by atoms with E-state index in [-0.39, 0.29) is 12.4 Å². The highest BCUT2D eigenvalue weighted by Gasteiger charge is 2.15. The lowest BCUT2D eigenvalue weighted by atomic mass is 10.3. The molecule has 21 heavy (non-hydrogen) atoms. The first-order valence-electron chi connectivity index (χ1n) is 6.11. The average Bonchev–Trinajstić information content (AvgIpc) is 3.15. The lowest BCUT2D eigenvalue weighted by molar-refractivity contribution is -0.119. The number of carbonyl (C=O) groups excluding carboxylic acids is 2. The van der Waals surface area contributed by atoms with Crippen LogP contribution in [0.5, 0.6) is 11.5 Å². The van der Waals surface area contributed by atoms with Crippen molar-refractivity contribution < 1.29 is 28.2 Å². The molecule has 2 aromatic rings. The number of fused-ring (bicyclic) bond motifs is 1. The SMILES string of the molecule is O=C(COC(=O)c1ccoc1)Nc1ccc2c(c1)OCO2. The van der Waals surface area contributed by atoms with Gasteiger partial charge >= 0.3 is 5.97 Å². The molecule has 0 unspecified atom stereocenters. The van der Waals surface area contributed by atoms with Gasteiger partial charge in [-0.05, 0) is 18.2 Å². The van der Waals surface area contributed by atoms with E-state index in [0.717, 1.165) is 0 Å². The van der Waals surface area contributed by atoms with Crippen LogP contribution in [-0.4, -0.2) is 25.3 Å². The summed E-state index contributed by atoms with van der Waals surface area (Å²) in [5.74, 6) is 0.109. The summed E-state index contributed by atoms with van der Waals surface area (Å²) in [6.07, 6.45) is 2.60. The quantitative estimate of drug-likeness (QED) is 0.864. The van der Waals surface area contributed by atoms with E-state index in [1.165, 1.54) is 18.6 Å². The van der Waals surface area contributed by atoms with Crippen molar-refractivity contribution in [2.45, 2.75) is 0 Å². The lowest BCUT2D eigenvalue weighted by Gasteiger charge is -2.06. The van der Waals surface area contributed by atoms with Crippen LogP contribution in [-0.2, 0) is 9.53 Å². The normalized spacial score (nSPS) is 12.0. The molecule has 7 heteroatoms. The highest BCUT2D eigenvalue weighted by atomic mass is 16.7. The molecule has 3 rings (SSSR count). The number of carbonyl (C=O) groups is 2. The number of nitrogens with one attached hydrogen (secondary N) is 1. The third kappa shape index (κ3) is 2.97. The van der Waals surface area contributed by atoms with Crippen LogP contribution in [0.4, 0.5) is 5.69 Å². The molecule has 1 aromatic heterocycles. The van der Waals surface area contributed by atoms with Gasteiger partial charge in [-0.15, -0.1) is 0 Å². The molecule has 1 aliphatic rings. The standard InChI is InChI=1S/C14H11NO6/c16-13(7-19-14(17)9-3-4-18-6-9)15-10-1-2-11-12(5-10)21-8-20-11/h1-6H,7-8H2,(H,15,16). The summed E-state index contributed by atoms with van der Waals surface area (Å²) in [4.78, 5) is 23.2. The average molecular weight is 289 g/mol. The van der Waals surface area contributed by atoms with Crippen molar-refractivity contribution in [1.82, 2.24) is 0 Å². The highest BCUT2D eigenvalue weighted by Crippen LogP contribution is 2.34. The zero-order valence-electron chi connectivity index (χ0n) is 10.8. The van der Waals surface area contributed by atoms with Crippen molar-refractivity contribution in [3.63, 3.8) is 0 Å². The smallest absolute Gasteiger partial charge is 0.341 e. The van der Waals surface area contributed by atoms with Gasteiger partial charge in [-0.3, -0.25) is 4.79 Å². The largest absolute Gasteiger partial charge is 0.472 e. The van der Waals surface area contributed by atoms with E-state index in [2.05, 4.69) is 5.32 Å². The van der Waals surface area contributed by atoms with Crippen LogP contribution in [0.2, 0.25) is 0 Å². The Hall–Kier alpha value is -2.96. The number of rotatable bonds is 4. The van der Waals surface area contributed by atoms with Gasteiger partial charge in [-0.1, -0.05) is 0 Å². The van der Waals surface area contributed by atoms with E-state index >= 15 is 0 Å². The van der Waals surface area contributed by atoms with Crippen LogP contribution in [0.25, 0.3) is 0 Å². The number of benzene rings is 1. The predicted molar refractivity (Wildman–Crippen MR) is 70.2 cm³/mol. The van der Waals surface area contributed by atoms with E-state index in [0.29, 0.717) is 17.2 Å². The fourth-order valence-electron chi connectivity index (χ4n) is 1.77. The molecular formula is C14H11NO6. The van der Waals surface area contributed by atoms with Crippen molar-refractivity contribution in [1.29, 1.82) is 0 Å². The molecule has 0 saturated carbocycles. The number of amides is 1. The Bertz CT molecular complexity index is 664. The second-order valence-corrected chi connectivity index (χ2v) is 4.20. The Balaban J connectivity index is 1.53. The molecule has 1 N–H and O–H groups in total. The number of anilines is 1. The summed E-state index contributed by atoms with van der Waals surface area (Å²) >= 11 is 0. The van der Waals surface area contributed by atoms with Crippen molar-refractivity contribution in [3.8, 4) is 11.5 Å². The minimum Gasteiger partial charge on any atom is -0.472 e. The van der Waals surface area contributed by atoms with Crippen LogP contribution in [0.15, 0.2) is 41.2 Å². The molecule has 0 bridgehead atoms. The van der Waals surface area contributed by atoms with Gasteiger partial charge in [0.15, 0.2) is 18.1 Å². The first-order valence-corrected chi connectivity index (χ1v) is 6.11. The van der Waals surface area contributed by atoms with Crippen molar-refractivity contribution >= 4 is 17.6 Å². The molecule has 7 nitrogen and oxygen atoms in total. The number of hydrogen-bond donors (Lipinski definition) is 1. The third-order valence-electron chi connectivity index (χ3n) is 2.75. The number of furan rings is 1. The highest BCUT2D eigenvalue weighted by molar-refractivity contribution is 5.95. The van der Waals surface area contributed by atoms with Crippen molar-refractivity contribution in [2.24, 2.45) is 0 Å². The lowest BCUT2D eigenvalue weighted by Crippen LogP contribution is -2.20.